The van der Waals surface area contributed by atoms with Crippen LogP contribution in [0.3, 0.4) is 0 Å². The van der Waals surface area contributed by atoms with Crippen molar-refractivity contribution in [2.45, 2.75) is 57.3 Å². The zero-order valence-electron chi connectivity index (χ0n) is 11.0. The molecular weight excluding hydrogens is 204 g/mol. The molecule has 16 heavy (non-hydrogen) atoms. The first kappa shape index (κ1) is 13.9. The molecule has 2 unspecified atom stereocenters. The quantitative estimate of drug-likeness (QED) is 0.489. The smallest absolute Gasteiger partial charge is 0.0765 e. The molecule has 4 nitrogen and oxygen atoms in total. The Kier molecular flexibility index (Phi) is 5.18. The van der Waals surface area contributed by atoms with Gasteiger partial charge in [0.2, 0.25) is 0 Å². The number of methoxy groups -OCH3 is 2. The molecule has 0 aromatic carbocycles. The highest BCUT2D eigenvalue weighted by atomic mass is 16.5. The van der Waals surface area contributed by atoms with Crippen molar-refractivity contribution in [3.05, 3.63) is 0 Å². The van der Waals surface area contributed by atoms with Crippen molar-refractivity contribution in [2.24, 2.45) is 11.8 Å². The SMILES string of the molecule is COC(C1CC1)C(CCC(C)(C)OC)NN. The van der Waals surface area contributed by atoms with Crippen molar-refractivity contribution >= 4 is 0 Å². The van der Waals surface area contributed by atoms with E-state index in [4.69, 9.17) is 15.3 Å². The maximum atomic E-state index is 5.61. The van der Waals surface area contributed by atoms with Crippen LogP contribution < -0.4 is 11.3 Å². The van der Waals surface area contributed by atoms with Crippen molar-refractivity contribution in [3.8, 4) is 0 Å². The van der Waals surface area contributed by atoms with E-state index >= 15 is 0 Å². The lowest BCUT2D eigenvalue weighted by Crippen LogP contribution is -2.46. The average molecular weight is 230 g/mol. The topological polar surface area (TPSA) is 56.5 Å². The summed E-state index contributed by atoms with van der Waals surface area (Å²) in [5, 5.41) is 0. The second kappa shape index (κ2) is 5.96. The number of rotatable bonds is 8. The second-order valence-corrected chi connectivity index (χ2v) is 5.31. The molecule has 0 spiro atoms. The molecule has 0 radical (unpaired) electrons. The number of nitrogens with two attached hydrogens (primary N) is 1. The van der Waals surface area contributed by atoms with Crippen LogP contribution in [0.25, 0.3) is 0 Å². The largest absolute Gasteiger partial charge is 0.379 e. The maximum Gasteiger partial charge on any atom is 0.0765 e. The third kappa shape index (κ3) is 4.01. The Balaban J connectivity index is 2.41. The lowest BCUT2D eigenvalue weighted by atomic mass is 9.95. The van der Waals surface area contributed by atoms with E-state index in [1.54, 1.807) is 14.2 Å². The van der Waals surface area contributed by atoms with Gasteiger partial charge in [-0.1, -0.05) is 0 Å². The normalized spacial score (nSPS) is 20.8. The third-order valence-electron chi connectivity index (χ3n) is 3.58. The Bertz CT molecular complexity index is 205. The van der Waals surface area contributed by atoms with Gasteiger partial charge in [0.25, 0.3) is 0 Å². The Morgan fingerprint density at radius 1 is 1.38 bits per heavy atom. The molecule has 1 rings (SSSR count). The number of nitrogens with one attached hydrogen (secondary N) is 1. The van der Waals surface area contributed by atoms with Crippen LogP contribution in [-0.2, 0) is 9.47 Å². The molecule has 0 heterocycles. The van der Waals surface area contributed by atoms with E-state index in [0.29, 0.717) is 5.92 Å². The van der Waals surface area contributed by atoms with Gasteiger partial charge in [0, 0.05) is 20.3 Å². The molecule has 4 heteroatoms. The first-order chi connectivity index (χ1) is 7.54. The summed E-state index contributed by atoms with van der Waals surface area (Å²) in [5.74, 6) is 6.31. The van der Waals surface area contributed by atoms with Gasteiger partial charge < -0.3 is 9.47 Å². The van der Waals surface area contributed by atoms with Crippen molar-refractivity contribution in [3.63, 3.8) is 0 Å². The van der Waals surface area contributed by atoms with E-state index in [2.05, 4.69) is 19.3 Å². The van der Waals surface area contributed by atoms with Crippen molar-refractivity contribution in [1.82, 2.24) is 5.43 Å². The van der Waals surface area contributed by atoms with Crippen molar-refractivity contribution in [2.75, 3.05) is 14.2 Å². The van der Waals surface area contributed by atoms with Gasteiger partial charge in [-0.2, -0.15) is 0 Å². The van der Waals surface area contributed by atoms with Gasteiger partial charge in [-0.05, 0) is 45.4 Å². The standard InChI is InChI=1S/C12H26N2O2/c1-12(2,16-4)8-7-10(14-13)11(15-3)9-5-6-9/h9-11,14H,5-8,13H2,1-4H3. The summed E-state index contributed by atoms with van der Waals surface area (Å²) in [7, 11) is 3.52. The molecular formula is C12H26N2O2. The maximum absolute atomic E-state index is 5.61. The summed E-state index contributed by atoms with van der Waals surface area (Å²) in [6, 6.07) is 0.229. The fourth-order valence-corrected chi connectivity index (χ4v) is 2.06. The van der Waals surface area contributed by atoms with Crippen LogP contribution in [0.5, 0.6) is 0 Å². The predicted molar refractivity (Wildman–Crippen MR) is 65.0 cm³/mol. The van der Waals surface area contributed by atoms with Crippen LogP contribution in [-0.4, -0.2) is 32.0 Å². The van der Waals surface area contributed by atoms with E-state index in [1.807, 2.05) is 0 Å². The van der Waals surface area contributed by atoms with Crippen molar-refractivity contribution in [1.29, 1.82) is 0 Å². The van der Waals surface area contributed by atoms with Gasteiger partial charge in [0.05, 0.1) is 11.7 Å². The molecule has 0 aliphatic heterocycles. The van der Waals surface area contributed by atoms with E-state index in [9.17, 15) is 0 Å². The van der Waals surface area contributed by atoms with Crippen molar-refractivity contribution < 1.29 is 9.47 Å². The molecule has 1 fully saturated rings. The third-order valence-corrected chi connectivity index (χ3v) is 3.58. The van der Waals surface area contributed by atoms with Gasteiger partial charge in [-0.25, -0.2) is 0 Å². The second-order valence-electron chi connectivity index (χ2n) is 5.31. The number of hydrogen-bond donors (Lipinski definition) is 2. The number of ether oxygens (including phenoxy) is 2. The zero-order chi connectivity index (χ0) is 12.2. The van der Waals surface area contributed by atoms with Gasteiger partial charge in [0.15, 0.2) is 0 Å². The molecule has 0 aromatic rings. The van der Waals surface area contributed by atoms with Crippen LogP contribution >= 0.6 is 0 Å². The first-order valence-electron chi connectivity index (χ1n) is 6.08. The zero-order valence-corrected chi connectivity index (χ0v) is 11.0. The molecule has 2 atom stereocenters. The minimum atomic E-state index is -0.0864. The summed E-state index contributed by atoms with van der Waals surface area (Å²) in [5.41, 5.74) is 2.80. The number of hydrazine groups is 1. The molecule has 3 N–H and O–H groups in total. The molecule has 0 aromatic heterocycles. The van der Waals surface area contributed by atoms with Crippen LogP contribution in [0.4, 0.5) is 0 Å². The van der Waals surface area contributed by atoms with Gasteiger partial charge in [0.1, 0.15) is 0 Å². The molecule has 0 saturated heterocycles. The summed E-state index contributed by atoms with van der Waals surface area (Å²) in [6.07, 6.45) is 4.74. The monoisotopic (exact) mass is 230 g/mol. The Labute approximate surface area is 98.8 Å². The van der Waals surface area contributed by atoms with E-state index in [-0.39, 0.29) is 17.7 Å². The lowest BCUT2D eigenvalue weighted by molar-refractivity contribution is -0.000906. The van der Waals surface area contributed by atoms with Gasteiger partial charge >= 0.3 is 0 Å². The van der Waals surface area contributed by atoms with E-state index < -0.39 is 0 Å². The summed E-state index contributed by atoms with van der Waals surface area (Å²) in [4.78, 5) is 0. The van der Waals surface area contributed by atoms with Crippen LogP contribution in [0.2, 0.25) is 0 Å². The fourth-order valence-electron chi connectivity index (χ4n) is 2.06. The molecule has 0 bridgehead atoms. The minimum Gasteiger partial charge on any atom is -0.379 e. The fraction of sp³-hybridized carbons (Fsp3) is 1.00. The van der Waals surface area contributed by atoms with E-state index in [1.165, 1.54) is 12.8 Å². The highest BCUT2D eigenvalue weighted by Gasteiger charge is 2.36. The summed E-state index contributed by atoms with van der Waals surface area (Å²) >= 11 is 0. The Hall–Kier alpha value is -0.160. The molecule has 0 amide bonds. The van der Waals surface area contributed by atoms with Gasteiger partial charge in [-0.15, -0.1) is 0 Å². The summed E-state index contributed by atoms with van der Waals surface area (Å²) < 4.78 is 11.0. The highest BCUT2D eigenvalue weighted by Crippen LogP contribution is 2.36. The molecule has 1 aliphatic carbocycles. The molecule has 96 valence electrons. The van der Waals surface area contributed by atoms with Crippen LogP contribution in [0, 0.1) is 5.92 Å². The molecule has 1 saturated carbocycles. The average Bonchev–Trinajstić information content (AvgIpc) is 3.08. The number of hydrogen-bond acceptors (Lipinski definition) is 4. The Morgan fingerprint density at radius 3 is 2.38 bits per heavy atom. The van der Waals surface area contributed by atoms with Crippen LogP contribution in [0.1, 0.15) is 39.5 Å². The minimum absolute atomic E-state index is 0.0864. The van der Waals surface area contributed by atoms with Crippen LogP contribution in [0.15, 0.2) is 0 Å². The Morgan fingerprint density at radius 2 is 2.00 bits per heavy atom. The first-order valence-corrected chi connectivity index (χ1v) is 6.08. The van der Waals surface area contributed by atoms with Gasteiger partial charge in [-0.3, -0.25) is 11.3 Å². The predicted octanol–water partition coefficient (Wildman–Crippen LogP) is 1.45. The van der Waals surface area contributed by atoms with E-state index in [0.717, 1.165) is 12.8 Å². The summed E-state index contributed by atoms with van der Waals surface area (Å²) in [6.45, 7) is 4.19. The lowest BCUT2D eigenvalue weighted by Gasteiger charge is -2.29. The molecule has 1 aliphatic rings. The highest BCUT2D eigenvalue weighted by molar-refractivity contribution is 4.90.